The number of carbonyl (C=O) groups is 2. The van der Waals surface area contributed by atoms with E-state index in [-0.39, 0.29) is 31.0 Å². The fraction of sp³-hybridized carbons (Fsp3) is 0.357. The van der Waals surface area contributed by atoms with Crippen LogP contribution in [0.1, 0.15) is 50.4 Å². The van der Waals surface area contributed by atoms with Gasteiger partial charge in [-0.15, -0.1) is 0 Å². The number of halogens is 2. The van der Waals surface area contributed by atoms with Crippen LogP contribution in [-0.2, 0) is 44.8 Å². The molecule has 384 valence electrons. The van der Waals surface area contributed by atoms with Gasteiger partial charge in [0.1, 0.15) is 30.6 Å². The number of imidazole rings is 2. The lowest BCUT2D eigenvalue weighted by Gasteiger charge is -2.30. The number of rotatable bonds is 14. The first-order chi connectivity index (χ1) is 36.0. The highest BCUT2D eigenvalue weighted by atomic mass is 19.1. The van der Waals surface area contributed by atoms with Gasteiger partial charge in [-0.05, 0) is 97.5 Å². The Labute approximate surface area is 426 Å². The molecule has 5 aromatic heterocycles. The molecule has 2 amide bonds. The maximum Gasteiger partial charge on any atom is 0.254 e. The molecule has 0 radical (unpaired) electrons. The lowest BCUT2D eigenvalue weighted by Crippen LogP contribution is -2.45. The van der Waals surface area contributed by atoms with Crippen molar-refractivity contribution >= 4 is 55.7 Å². The minimum atomic E-state index is -0.677. The van der Waals surface area contributed by atoms with Gasteiger partial charge in [0.05, 0.1) is 89.7 Å². The number of benzene rings is 4. The van der Waals surface area contributed by atoms with Crippen LogP contribution in [0, 0.1) is 0 Å². The smallest absolute Gasteiger partial charge is 0.254 e. The molecule has 18 heteroatoms. The van der Waals surface area contributed by atoms with E-state index in [0.29, 0.717) is 50.1 Å². The quantitative estimate of drug-likeness (QED) is 0.109. The molecule has 0 saturated carbocycles. The van der Waals surface area contributed by atoms with Crippen molar-refractivity contribution in [3.8, 4) is 34.5 Å². The number of hydrogen-bond donors (Lipinski definition) is 2. The molecule has 8 heterocycles. The highest BCUT2D eigenvalue weighted by molar-refractivity contribution is 6.02. The standard InChI is InChI=1S/C28H32FN5O3.C28H28FN5O3/c2*1-32-23-11-17-8-9-33(15-19(30)14-29)28(35)21(17)13-22(23)31-27(32)24-12-18-5-3-7-25(36-2)26(18)34(24)16-20-6-4-10-37-20/h3,5,7,11-13,19-20H,4,6,8-10,14-16,30H2,1-2H3;3-7,10-13,19H,8-9,14-16,30H2,1-2H3. The van der Waals surface area contributed by atoms with Crippen LogP contribution >= 0.6 is 0 Å². The second kappa shape index (κ2) is 20.1. The minimum absolute atomic E-state index is 0.114. The molecule has 9 aromatic rings. The van der Waals surface area contributed by atoms with Gasteiger partial charge in [0.15, 0.2) is 11.6 Å². The Kier molecular flexibility index (Phi) is 13.2. The molecular weight excluding hydrogens is 947 g/mol. The van der Waals surface area contributed by atoms with Gasteiger partial charge in [0.2, 0.25) is 0 Å². The van der Waals surface area contributed by atoms with E-state index in [4.69, 9.17) is 40.1 Å². The molecule has 3 aliphatic heterocycles. The number of methoxy groups -OCH3 is 2. The maximum atomic E-state index is 13.2. The van der Waals surface area contributed by atoms with Gasteiger partial charge in [-0.3, -0.25) is 9.59 Å². The van der Waals surface area contributed by atoms with Crippen molar-refractivity contribution < 1.29 is 37.0 Å². The zero-order chi connectivity index (χ0) is 51.4. The van der Waals surface area contributed by atoms with Gasteiger partial charge in [-0.25, -0.2) is 18.7 Å². The summed E-state index contributed by atoms with van der Waals surface area (Å²) in [6.07, 6.45) is 5.28. The van der Waals surface area contributed by atoms with Crippen molar-refractivity contribution in [3.05, 3.63) is 119 Å². The Morgan fingerprint density at radius 1 is 0.703 bits per heavy atom. The number of furan rings is 1. The van der Waals surface area contributed by atoms with Gasteiger partial charge in [0.25, 0.3) is 11.8 Å². The van der Waals surface area contributed by atoms with Crippen molar-refractivity contribution in [1.82, 2.24) is 38.0 Å². The van der Waals surface area contributed by atoms with Gasteiger partial charge in [-0.2, -0.15) is 0 Å². The number of nitrogens with two attached hydrogens (primary N) is 2. The second-order valence-corrected chi connectivity index (χ2v) is 19.6. The maximum absolute atomic E-state index is 13.2. The van der Waals surface area contributed by atoms with Crippen molar-refractivity contribution in [2.24, 2.45) is 25.6 Å². The largest absolute Gasteiger partial charge is 0.495 e. The molecule has 3 atom stereocenters. The van der Waals surface area contributed by atoms with Crippen molar-refractivity contribution in [1.29, 1.82) is 0 Å². The zero-order valence-corrected chi connectivity index (χ0v) is 42.0. The monoisotopic (exact) mass is 1010 g/mol. The van der Waals surface area contributed by atoms with Crippen LogP contribution in [0.4, 0.5) is 8.78 Å². The van der Waals surface area contributed by atoms with E-state index in [1.165, 1.54) is 0 Å². The highest BCUT2D eigenvalue weighted by Gasteiger charge is 2.31. The molecule has 0 bridgehead atoms. The van der Waals surface area contributed by atoms with Crippen molar-refractivity contribution in [3.63, 3.8) is 0 Å². The van der Waals surface area contributed by atoms with E-state index in [1.54, 1.807) is 30.3 Å². The third-order valence-corrected chi connectivity index (χ3v) is 14.8. The van der Waals surface area contributed by atoms with Gasteiger partial charge in [-0.1, -0.05) is 24.3 Å². The predicted octanol–water partition coefficient (Wildman–Crippen LogP) is 7.82. The lowest BCUT2D eigenvalue weighted by molar-refractivity contribution is 0.0717. The van der Waals surface area contributed by atoms with E-state index in [1.807, 2.05) is 68.7 Å². The number of nitrogens with zero attached hydrogens (tertiary/aromatic N) is 8. The second-order valence-electron chi connectivity index (χ2n) is 19.6. The summed E-state index contributed by atoms with van der Waals surface area (Å²) in [6.45, 7) is 2.17. The number of fused-ring (bicyclic) bond motifs is 6. The summed E-state index contributed by atoms with van der Waals surface area (Å²) in [4.78, 5) is 39.7. The first-order valence-electron chi connectivity index (χ1n) is 25.1. The molecule has 74 heavy (non-hydrogen) atoms. The summed E-state index contributed by atoms with van der Waals surface area (Å²) in [6, 6.07) is 26.6. The third kappa shape index (κ3) is 8.73. The Morgan fingerprint density at radius 2 is 1.23 bits per heavy atom. The molecule has 4 N–H and O–H groups in total. The summed E-state index contributed by atoms with van der Waals surface area (Å²) in [7, 11) is 7.36. The predicted molar refractivity (Wildman–Crippen MR) is 280 cm³/mol. The van der Waals surface area contributed by atoms with Gasteiger partial charge >= 0.3 is 0 Å². The summed E-state index contributed by atoms with van der Waals surface area (Å²) < 4.78 is 57.6. The van der Waals surface area contributed by atoms with Crippen LogP contribution in [-0.4, -0.2) is 128 Å². The molecule has 0 aliphatic carbocycles. The molecule has 4 aromatic carbocycles. The Balaban J connectivity index is 0.000000159. The van der Waals surface area contributed by atoms with Crippen LogP contribution in [0.5, 0.6) is 11.5 Å². The molecular formula is C56H60F2N10O6. The average molecular weight is 1010 g/mol. The number of aryl methyl sites for hydroxylation is 2. The highest BCUT2D eigenvalue weighted by Crippen LogP contribution is 2.39. The van der Waals surface area contributed by atoms with E-state index >= 15 is 0 Å². The van der Waals surface area contributed by atoms with Crippen molar-refractivity contribution in [2.75, 3.05) is 60.4 Å². The number of para-hydroxylation sites is 2. The van der Waals surface area contributed by atoms with Crippen LogP contribution < -0.4 is 20.9 Å². The van der Waals surface area contributed by atoms with Crippen LogP contribution in [0.25, 0.3) is 66.9 Å². The van der Waals surface area contributed by atoms with E-state index in [9.17, 15) is 18.4 Å². The first kappa shape index (κ1) is 48.7. The van der Waals surface area contributed by atoms with Gasteiger partial charge < -0.3 is 58.2 Å². The minimum Gasteiger partial charge on any atom is -0.495 e. The fourth-order valence-electron chi connectivity index (χ4n) is 11.1. The fourth-order valence-corrected chi connectivity index (χ4v) is 11.1. The lowest BCUT2D eigenvalue weighted by atomic mass is 9.97. The van der Waals surface area contributed by atoms with Crippen LogP contribution in [0.3, 0.4) is 0 Å². The van der Waals surface area contributed by atoms with Gasteiger partial charge in [0, 0.05) is 75.3 Å². The third-order valence-electron chi connectivity index (χ3n) is 14.8. The van der Waals surface area contributed by atoms with E-state index in [0.717, 1.165) is 115 Å². The van der Waals surface area contributed by atoms with E-state index < -0.39 is 25.4 Å². The summed E-state index contributed by atoms with van der Waals surface area (Å²) in [5.74, 6) is 3.74. The SMILES string of the molecule is COc1cccc2cc(-c3nc4cc5c(cc4n3C)CCN(CC(N)CF)C5=O)n(CC3CCCO3)c12.COc1cccc2cc(-c3nc4cc5c(cc4n3C)CCN(CC(N)CF)C5=O)n(Cc3ccco3)c12. The molecule has 1 fully saturated rings. The van der Waals surface area contributed by atoms with Crippen LogP contribution in [0.2, 0.25) is 0 Å². The summed E-state index contributed by atoms with van der Waals surface area (Å²) in [5.41, 5.74) is 22.0. The number of carbonyl (C=O) groups excluding carboxylic acids is 2. The molecule has 3 aliphatic rings. The number of amides is 2. The Bertz CT molecular complexity index is 3570. The molecule has 1 saturated heterocycles. The zero-order valence-electron chi connectivity index (χ0n) is 42.0. The number of ether oxygens (including phenoxy) is 3. The molecule has 16 nitrogen and oxygen atoms in total. The normalized spacial score (nSPS) is 16.6. The number of alkyl halides is 2. The number of aromatic nitrogens is 6. The molecule has 12 rings (SSSR count). The first-order valence-corrected chi connectivity index (χ1v) is 25.1. The topological polar surface area (TPSA) is 179 Å². The Morgan fingerprint density at radius 3 is 1.70 bits per heavy atom. The van der Waals surface area contributed by atoms with Crippen molar-refractivity contribution in [2.45, 2.75) is 57.0 Å². The number of hydrogen-bond acceptors (Lipinski definition) is 10. The Hall–Kier alpha value is -7.54. The summed E-state index contributed by atoms with van der Waals surface area (Å²) in [5, 5.41) is 2.11. The summed E-state index contributed by atoms with van der Waals surface area (Å²) >= 11 is 0. The molecule has 3 unspecified atom stereocenters. The van der Waals surface area contributed by atoms with E-state index in [2.05, 4.69) is 48.6 Å². The average Bonchev–Trinajstić information content (AvgIpc) is 4.31. The molecule has 0 spiro atoms. The van der Waals surface area contributed by atoms with Crippen LogP contribution in [0.15, 0.2) is 95.6 Å².